The Hall–Kier alpha value is -3.82. The number of thiazole rings is 1. The molecule has 0 unspecified atom stereocenters. The predicted molar refractivity (Wildman–Crippen MR) is 166 cm³/mol. The average molecular weight is 663 g/mol. The van der Waals surface area contributed by atoms with Gasteiger partial charge >= 0.3 is 12.1 Å². The molecule has 2 aliphatic heterocycles. The van der Waals surface area contributed by atoms with Gasteiger partial charge in [0.1, 0.15) is 17.3 Å². The third-order valence-electron chi connectivity index (χ3n) is 8.77. The van der Waals surface area contributed by atoms with Gasteiger partial charge in [-0.25, -0.2) is 15.0 Å². The summed E-state index contributed by atoms with van der Waals surface area (Å²) in [5, 5.41) is 12.2. The molecule has 11 nitrogen and oxygen atoms in total. The van der Waals surface area contributed by atoms with Crippen LogP contribution in [0.4, 0.5) is 24.1 Å². The van der Waals surface area contributed by atoms with Crippen LogP contribution in [0.25, 0.3) is 11.3 Å². The van der Waals surface area contributed by atoms with E-state index in [1.807, 2.05) is 18.7 Å². The van der Waals surface area contributed by atoms with E-state index < -0.39 is 29.2 Å². The zero-order valence-electron chi connectivity index (χ0n) is 26.1. The number of hydrogen-bond acceptors (Lipinski definition) is 10. The van der Waals surface area contributed by atoms with Crippen LogP contribution in [0.3, 0.4) is 0 Å². The summed E-state index contributed by atoms with van der Waals surface area (Å²) >= 11 is 1.19. The summed E-state index contributed by atoms with van der Waals surface area (Å²) in [6, 6.07) is 3.90. The maximum absolute atomic E-state index is 13.9. The van der Waals surface area contributed by atoms with Gasteiger partial charge in [-0.15, -0.1) is 0 Å². The number of alkyl halides is 3. The first-order valence-corrected chi connectivity index (χ1v) is 15.8. The lowest BCUT2D eigenvalue weighted by atomic mass is 9.96. The molecule has 0 saturated carbocycles. The van der Waals surface area contributed by atoms with Crippen molar-refractivity contribution in [2.75, 3.05) is 44.1 Å². The second-order valence-electron chi connectivity index (χ2n) is 12.0. The number of methoxy groups -OCH3 is 2. The molecular formula is C31H37F3N6O5S. The van der Waals surface area contributed by atoms with E-state index in [1.165, 1.54) is 43.0 Å². The Morgan fingerprint density at radius 1 is 1.09 bits per heavy atom. The summed E-state index contributed by atoms with van der Waals surface area (Å²) in [4.78, 5) is 42.5. The van der Waals surface area contributed by atoms with Gasteiger partial charge in [0, 0.05) is 43.2 Å². The maximum atomic E-state index is 13.9. The molecule has 0 radical (unpaired) electrons. The highest BCUT2D eigenvalue weighted by Crippen LogP contribution is 2.41. The Balaban J connectivity index is 1.40. The largest absolute Gasteiger partial charge is 0.496 e. The summed E-state index contributed by atoms with van der Waals surface area (Å²) in [5.41, 5.74) is -0.747. The molecule has 2 fully saturated rings. The van der Waals surface area contributed by atoms with Crippen LogP contribution < -0.4 is 15.0 Å². The first-order valence-electron chi connectivity index (χ1n) is 15.0. The SMILES string of the molecule is COc1ccc(-c2nc(NC(=O)c3cnc(N4CCC(C(=O)O)CC4)cn3)sc2CN2CCC[C@H]2C(C)(C)OC)cc1C(F)(F)F. The number of nitrogens with zero attached hydrogens (tertiary/aromatic N) is 5. The highest BCUT2D eigenvalue weighted by molar-refractivity contribution is 7.16. The number of benzene rings is 1. The third kappa shape index (κ3) is 7.26. The highest BCUT2D eigenvalue weighted by Gasteiger charge is 2.39. The summed E-state index contributed by atoms with van der Waals surface area (Å²) < 4.78 is 52.5. The minimum Gasteiger partial charge on any atom is -0.496 e. The van der Waals surface area contributed by atoms with Gasteiger partial charge in [-0.2, -0.15) is 13.2 Å². The number of carbonyl (C=O) groups excluding carboxylic acids is 1. The van der Waals surface area contributed by atoms with Gasteiger partial charge in [0.25, 0.3) is 5.91 Å². The van der Waals surface area contributed by atoms with Crippen LogP contribution in [0.1, 0.15) is 60.5 Å². The van der Waals surface area contributed by atoms with E-state index in [-0.39, 0.29) is 34.1 Å². The van der Waals surface area contributed by atoms with Gasteiger partial charge in [0.15, 0.2) is 5.13 Å². The standard InChI is InChI=1S/C31H37F3N6O5S/c1-30(2,45-4)24-6-5-11-40(24)17-23-26(19-7-8-22(44-3)20(14-19)31(32,33)34)37-29(46-23)38-27(41)21-15-36-25(16-35-21)39-12-9-18(10-13-39)28(42)43/h7-8,14-16,18,24H,5-6,9-13,17H2,1-4H3,(H,42,43)(H,37,38,41)/t24-/m0/s1. The van der Waals surface area contributed by atoms with Gasteiger partial charge in [-0.1, -0.05) is 11.3 Å². The number of likely N-dealkylation sites (tertiary alicyclic amines) is 1. The van der Waals surface area contributed by atoms with Crippen LogP contribution in [0.5, 0.6) is 5.75 Å². The first-order chi connectivity index (χ1) is 21.8. The Morgan fingerprint density at radius 3 is 2.43 bits per heavy atom. The van der Waals surface area contributed by atoms with E-state index in [4.69, 9.17) is 9.47 Å². The number of rotatable bonds is 10. The van der Waals surface area contributed by atoms with Crippen molar-refractivity contribution in [3.05, 3.63) is 46.7 Å². The number of aromatic nitrogens is 3. The van der Waals surface area contributed by atoms with E-state index in [9.17, 15) is 27.9 Å². The number of piperidine rings is 1. The van der Waals surface area contributed by atoms with E-state index in [0.717, 1.165) is 25.5 Å². The normalized spacial score (nSPS) is 18.2. The van der Waals surface area contributed by atoms with Crippen LogP contribution in [-0.2, 0) is 22.3 Å². The second-order valence-corrected chi connectivity index (χ2v) is 13.0. The van der Waals surface area contributed by atoms with Crippen molar-refractivity contribution >= 4 is 34.2 Å². The Bertz CT molecular complexity index is 1560. The zero-order valence-corrected chi connectivity index (χ0v) is 26.9. The Morgan fingerprint density at radius 2 is 1.83 bits per heavy atom. The number of amides is 1. The van der Waals surface area contributed by atoms with Gasteiger partial charge < -0.3 is 19.5 Å². The summed E-state index contributed by atoms with van der Waals surface area (Å²) in [6.45, 7) is 6.24. The number of carboxylic acid groups (broad SMARTS) is 1. The number of hydrogen-bond donors (Lipinski definition) is 2. The maximum Gasteiger partial charge on any atom is 0.419 e. The van der Waals surface area contributed by atoms with Crippen molar-refractivity contribution < 1.29 is 37.3 Å². The average Bonchev–Trinajstić information content (AvgIpc) is 3.68. The number of aliphatic carboxylic acids is 1. The van der Waals surface area contributed by atoms with E-state index in [1.54, 1.807) is 7.11 Å². The monoisotopic (exact) mass is 662 g/mol. The molecule has 3 aromatic rings. The molecule has 0 aliphatic carbocycles. The van der Waals surface area contributed by atoms with Crippen molar-refractivity contribution in [1.29, 1.82) is 0 Å². The molecule has 0 bridgehead atoms. The van der Waals surface area contributed by atoms with Crippen molar-refractivity contribution in [3.63, 3.8) is 0 Å². The van der Waals surface area contributed by atoms with Crippen molar-refractivity contribution in [1.82, 2.24) is 19.9 Å². The fourth-order valence-electron chi connectivity index (χ4n) is 6.06. The van der Waals surface area contributed by atoms with Crippen LogP contribution in [0, 0.1) is 5.92 Å². The van der Waals surface area contributed by atoms with Gasteiger partial charge in [-0.05, 0) is 64.3 Å². The number of nitrogens with one attached hydrogen (secondary N) is 1. The van der Waals surface area contributed by atoms with E-state index in [0.29, 0.717) is 48.9 Å². The lowest BCUT2D eigenvalue weighted by Crippen LogP contribution is -2.46. The zero-order chi connectivity index (χ0) is 33.2. The number of halogens is 3. The number of anilines is 2. The fraction of sp³-hybridized carbons (Fsp3) is 0.516. The summed E-state index contributed by atoms with van der Waals surface area (Å²) in [6.07, 6.45) is 1.00. The molecule has 4 heterocycles. The van der Waals surface area contributed by atoms with Gasteiger partial charge in [0.05, 0.1) is 42.3 Å². The van der Waals surface area contributed by atoms with Crippen molar-refractivity contribution in [3.8, 4) is 17.0 Å². The minimum absolute atomic E-state index is 0.0349. The van der Waals surface area contributed by atoms with Crippen molar-refractivity contribution in [2.45, 2.75) is 63.9 Å². The van der Waals surface area contributed by atoms with Gasteiger partial charge in [0.2, 0.25) is 0 Å². The van der Waals surface area contributed by atoms with Crippen LogP contribution >= 0.6 is 11.3 Å². The lowest BCUT2D eigenvalue weighted by Gasteiger charge is -2.36. The van der Waals surface area contributed by atoms with Gasteiger partial charge in [-0.3, -0.25) is 19.8 Å². The predicted octanol–water partition coefficient (Wildman–Crippen LogP) is 5.57. The molecule has 2 saturated heterocycles. The lowest BCUT2D eigenvalue weighted by molar-refractivity contribution is -0.142. The summed E-state index contributed by atoms with van der Waals surface area (Å²) in [7, 11) is 2.85. The quantitative estimate of drug-likeness (QED) is 0.284. The molecule has 1 aromatic carbocycles. The molecule has 2 N–H and O–H groups in total. The molecule has 15 heteroatoms. The molecule has 2 aromatic heterocycles. The number of carbonyl (C=O) groups is 2. The molecule has 46 heavy (non-hydrogen) atoms. The molecular weight excluding hydrogens is 625 g/mol. The van der Waals surface area contributed by atoms with Crippen molar-refractivity contribution in [2.24, 2.45) is 5.92 Å². The molecule has 0 spiro atoms. The van der Waals surface area contributed by atoms with E-state index >= 15 is 0 Å². The molecule has 248 valence electrons. The van der Waals surface area contributed by atoms with Crippen LogP contribution in [-0.4, -0.2) is 82.3 Å². The Kier molecular flexibility index (Phi) is 9.84. The van der Waals surface area contributed by atoms with Crippen LogP contribution in [0.15, 0.2) is 30.6 Å². The highest BCUT2D eigenvalue weighted by atomic mass is 32.1. The fourth-order valence-corrected chi connectivity index (χ4v) is 7.06. The second kappa shape index (κ2) is 13.5. The molecule has 1 atom stereocenters. The molecule has 1 amide bonds. The number of ether oxygens (including phenoxy) is 2. The third-order valence-corrected chi connectivity index (χ3v) is 9.73. The summed E-state index contributed by atoms with van der Waals surface area (Å²) in [5.74, 6) is -1.52. The topological polar surface area (TPSA) is 130 Å². The van der Waals surface area contributed by atoms with Crippen LogP contribution in [0.2, 0.25) is 0 Å². The number of carboxylic acids is 1. The minimum atomic E-state index is -4.64. The smallest absolute Gasteiger partial charge is 0.419 e. The first kappa shape index (κ1) is 33.5. The molecule has 5 rings (SSSR count). The Labute approximate surface area is 268 Å². The molecule has 2 aliphatic rings. The van der Waals surface area contributed by atoms with E-state index in [2.05, 4.69) is 25.2 Å².